The summed E-state index contributed by atoms with van der Waals surface area (Å²) < 4.78 is 6.47. The number of imidazole rings is 1. The van der Waals surface area contributed by atoms with Crippen molar-refractivity contribution in [1.82, 2.24) is 19.8 Å². The summed E-state index contributed by atoms with van der Waals surface area (Å²) in [7, 11) is 0. The number of nitrogens with zero attached hydrogens (tertiary/aromatic N) is 3. The van der Waals surface area contributed by atoms with Crippen molar-refractivity contribution < 1.29 is 29.0 Å². The Morgan fingerprint density at radius 1 is 1.28 bits per heavy atom. The lowest BCUT2D eigenvalue weighted by Crippen LogP contribution is -2.74. The Bertz CT molecular complexity index is 1070. The first-order chi connectivity index (χ1) is 15.4. The molecule has 166 valence electrons. The molecule has 10 nitrogen and oxygen atoms in total. The highest BCUT2D eigenvalue weighted by Gasteiger charge is 2.56. The van der Waals surface area contributed by atoms with E-state index in [4.69, 9.17) is 4.74 Å². The van der Waals surface area contributed by atoms with Gasteiger partial charge in [0.15, 0.2) is 6.04 Å². The number of aliphatic carboxylic acids is 1. The molecule has 2 N–H and O–H groups in total. The van der Waals surface area contributed by atoms with Crippen LogP contribution in [0.1, 0.15) is 12.5 Å². The van der Waals surface area contributed by atoms with Crippen molar-refractivity contribution in [1.29, 1.82) is 0 Å². The third kappa shape index (κ3) is 4.11. The van der Waals surface area contributed by atoms with Crippen molar-refractivity contribution >= 4 is 35.6 Å². The molecule has 0 saturated carbocycles. The Hall–Kier alpha value is -3.60. The van der Waals surface area contributed by atoms with Crippen molar-refractivity contribution in [3.8, 4) is 0 Å². The second kappa shape index (κ2) is 8.87. The van der Waals surface area contributed by atoms with Crippen LogP contribution < -0.4 is 5.32 Å². The smallest absolute Gasteiger partial charge is 0.419 e. The van der Waals surface area contributed by atoms with Gasteiger partial charge in [-0.2, -0.15) is 0 Å². The highest BCUT2D eigenvalue weighted by atomic mass is 32.2. The van der Waals surface area contributed by atoms with Crippen LogP contribution in [0, 0.1) is 0 Å². The van der Waals surface area contributed by atoms with Gasteiger partial charge in [-0.15, -0.1) is 11.8 Å². The van der Waals surface area contributed by atoms with Crippen LogP contribution in [0.2, 0.25) is 0 Å². The van der Waals surface area contributed by atoms with Crippen molar-refractivity contribution in [2.24, 2.45) is 0 Å². The minimum Gasteiger partial charge on any atom is -0.479 e. The van der Waals surface area contributed by atoms with Crippen LogP contribution in [0.3, 0.4) is 0 Å². The molecule has 1 fully saturated rings. The van der Waals surface area contributed by atoms with Gasteiger partial charge in [0.25, 0.3) is 0 Å². The number of thioether (sulfide) groups is 1. The van der Waals surface area contributed by atoms with Gasteiger partial charge in [0.1, 0.15) is 23.8 Å². The third-order valence-corrected chi connectivity index (χ3v) is 6.42. The summed E-state index contributed by atoms with van der Waals surface area (Å²) >= 11 is 1.21. The fourth-order valence-electron chi connectivity index (χ4n) is 3.64. The zero-order chi connectivity index (χ0) is 22.8. The molecule has 2 aromatic rings. The molecule has 0 radical (unpaired) electrons. The first kappa shape index (κ1) is 21.6. The second-order valence-electron chi connectivity index (χ2n) is 7.33. The summed E-state index contributed by atoms with van der Waals surface area (Å²) in [5, 5.41) is 13.5. The molecule has 3 unspecified atom stereocenters. The van der Waals surface area contributed by atoms with E-state index in [1.54, 1.807) is 12.3 Å². The van der Waals surface area contributed by atoms with Gasteiger partial charge in [-0.25, -0.2) is 19.1 Å². The Morgan fingerprint density at radius 3 is 2.69 bits per heavy atom. The normalized spacial score (nSPS) is 22.8. The summed E-state index contributed by atoms with van der Waals surface area (Å²) in [6, 6.07) is 7.00. The quantitative estimate of drug-likeness (QED) is 0.621. The Balaban J connectivity index is 1.45. The maximum atomic E-state index is 12.8. The zero-order valence-corrected chi connectivity index (χ0v) is 17.8. The number of hydrogen-bond donors (Lipinski definition) is 2. The van der Waals surface area contributed by atoms with Crippen molar-refractivity contribution in [3.05, 3.63) is 65.6 Å². The second-order valence-corrected chi connectivity index (χ2v) is 8.33. The van der Waals surface area contributed by atoms with Crippen LogP contribution >= 0.6 is 11.8 Å². The third-order valence-electron chi connectivity index (χ3n) is 5.24. The molecule has 1 aromatic heterocycles. The van der Waals surface area contributed by atoms with E-state index in [1.165, 1.54) is 35.4 Å². The molecule has 0 spiro atoms. The zero-order valence-electron chi connectivity index (χ0n) is 17.0. The first-order valence-corrected chi connectivity index (χ1v) is 10.7. The Labute approximate surface area is 187 Å². The summed E-state index contributed by atoms with van der Waals surface area (Å²) in [4.78, 5) is 54.3. The molecule has 2 aliphatic rings. The number of carbonyl (C=O) groups excluding carboxylic acids is 3. The van der Waals surface area contributed by atoms with E-state index in [0.717, 1.165) is 10.1 Å². The van der Waals surface area contributed by atoms with Crippen molar-refractivity contribution in [2.75, 3.05) is 0 Å². The maximum absolute atomic E-state index is 12.8. The van der Waals surface area contributed by atoms with E-state index < -0.39 is 41.5 Å². The van der Waals surface area contributed by atoms with Gasteiger partial charge in [-0.1, -0.05) is 30.3 Å². The molecule has 11 heteroatoms. The molecule has 0 bridgehead atoms. The molecule has 1 saturated heterocycles. The van der Waals surface area contributed by atoms with Crippen molar-refractivity contribution in [2.45, 2.75) is 36.9 Å². The first-order valence-electron chi connectivity index (χ1n) is 9.79. The lowest BCUT2D eigenvalue weighted by molar-refractivity contribution is -0.160. The van der Waals surface area contributed by atoms with Gasteiger partial charge in [-0.3, -0.25) is 9.59 Å². The molecule has 4 atom stereocenters. The van der Waals surface area contributed by atoms with E-state index in [9.17, 15) is 24.3 Å². The van der Waals surface area contributed by atoms with Gasteiger partial charge in [0.05, 0.1) is 6.42 Å². The lowest BCUT2D eigenvalue weighted by atomic mass is 9.95. The monoisotopic (exact) mass is 456 g/mol. The van der Waals surface area contributed by atoms with E-state index in [-0.39, 0.29) is 17.9 Å². The van der Waals surface area contributed by atoms with Gasteiger partial charge >= 0.3 is 12.1 Å². The number of fused-ring (bicyclic) bond motifs is 1. The molecule has 2 amide bonds. The fraction of sp³-hybridized carbons (Fsp3) is 0.286. The minimum absolute atomic E-state index is 0.118. The predicted octanol–water partition coefficient (Wildman–Crippen LogP) is 1.24. The molecule has 4 rings (SSSR count). The predicted molar refractivity (Wildman–Crippen MR) is 113 cm³/mol. The summed E-state index contributed by atoms with van der Waals surface area (Å²) in [6.45, 7) is 1.54. The topological polar surface area (TPSA) is 131 Å². The number of β-lactam (4-membered cyclic amide) rings is 1. The van der Waals surface area contributed by atoms with Gasteiger partial charge in [0, 0.05) is 18.0 Å². The maximum Gasteiger partial charge on any atom is 0.419 e. The molecule has 1 aromatic carbocycles. The molecule has 3 heterocycles. The van der Waals surface area contributed by atoms with Crippen LogP contribution in [0.25, 0.3) is 0 Å². The largest absolute Gasteiger partial charge is 0.479 e. The summed E-state index contributed by atoms with van der Waals surface area (Å²) in [5.74, 6) is -2.05. The fourth-order valence-corrected chi connectivity index (χ4v) is 4.96. The number of aromatic nitrogens is 2. The number of benzene rings is 1. The lowest BCUT2D eigenvalue weighted by Gasteiger charge is -2.51. The Kier molecular flexibility index (Phi) is 5.99. The van der Waals surface area contributed by atoms with Crippen LogP contribution in [0.15, 0.2) is 60.0 Å². The summed E-state index contributed by atoms with van der Waals surface area (Å²) in [5.41, 5.74) is 1.08. The molecule has 32 heavy (non-hydrogen) atoms. The van der Waals surface area contributed by atoms with Crippen LogP contribution in [0.4, 0.5) is 4.79 Å². The minimum atomic E-state index is -1.29. The van der Waals surface area contributed by atoms with Gasteiger partial charge in [0.2, 0.25) is 11.8 Å². The standard InChI is InChI=1S/C21H20N4O6S/c1-12(31-21(30)24-8-7-22-11-24)14-10-32-19-16(18(27)25(19)17(14)20(28)29)23-15(26)9-13-5-3-2-4-6-13/h2-8,10-12,16-17,19H,9H2,1H3,(H,23,26)(H,28,29)/t12?,16?,17?,19-/m1/s1. The van der Waals surface area contributed by atoms with Crippen LogP contribution in [-0.4, -0.2) is 67.0 Å². The molecular formula is C21H20N4O6S. The molecular weight excluding hydrogens is 436 g/mol. The number of carboxylic acids is 1. The number of nitrogens with one attached hydrogen (secondary N) is 1. The van der Waals surface area contributed by atoms with E-state index in [2.05, 4.69) is 10.3 Å². The Morgan fingerprint density at radius 2 is 2.03 bits per heavy atom. The number of carbonyl (C=O) groups is 4. The van der Waals surface area contributed by atoms with E-state index in [1.807, 2.05) is 30.3 Å². The van der Waals surface area contributed by atoms with Gasteiger partial charge < -0.3 is 20.1 Å². The van der Waals surface area contributed by atoms with Crippen molar-refractivity contribution in [3.63, 3.8) is 0 Å². The molecule has 2 aliphatic heterocycles. The number of carboxylic acid groups (broad SMARTS) is 1. The van der Waals surface area contributed by atoms with E-state index >= 15 is 0 Å². The van der Waals surface area contributed by atoms with Crippen LogP contribution in [-0.2, 0) is 25.5 Å². The summed E-state index contributed by atoms with van der Waals surface area (Å²) in [6.07, 6.45) is 2.60. The number of hydrogen-bond acceptors (Lipinski definition) is 7. The molecule has 0 aliphatic carbocycles. The van der Waals surface area contributed by atoms with E-state index in [0.29, 0.717) is 0 Å². The van der Waals surface area contributed by atoms with Gasteiger partial charge in [-0.05, 0) is 17.9 Å². The SMILES string of the molecule is CC(OC(=O)n1ccnc1)C1=CS[C@@H]2C(NC(=O)Cc3ccccc3)C(=O)N2C1C(=O)O. The van der Waals surface area contributed by atoms with Crippen LogP contribution in [0.5, 0.6) is 0 Å². The number of rotatable bonds is 6. The highest BCUT2D eigenvalue weighted by Crippen LogP contribution is 2.41. The average molecular weight is 456 g/mol. The average Bonchev–Trinajstić information content (AvgIpc) is 3.32. The number of amides is 2. The number of ether oxygens (including phenoxy) is 1. The highest BCUT2D eigenvalue weighted by molar-refractivity contribution is 8.03.